The van der Waals surface area contributed by atoms with E-state index in [0.29, 0.717) is 0 Å². The van der Waals surface area contributed by atoms with Crippen LogP contribution in [0.15, 0.2) is 65.1 Å². The third kappa shape index (κ3) is 3.42. The second-order valence-electron chi connectivity index (χ2n) is 4.87. The number of nitrogens with zero attached hydrogens (tertiary/aromatic N) is 1. The molecule has 1 heterocycles. The van der Waals surface area contributed by atoms with E-state index in [0.717, 1.165) is 17.1 Å². The Bertz CT molecular complexity index is 560. The SMILES string of the molecule is c1ccc(N/C(=N/[S+]2CCCC2)c2ccccc2)cc1. The molecule has 0 radical (unpaired) electrons. The van der Waals surface area contributed by atoms with E-state index in [2.05, 4.69) is 41.7 Å². The van der Waals surface area contributed by atoms with Gasteiger partial charge in [0.2, 0.25) is 0 Å². The van der Waals surface area contributed by atoms with E-state index < -0.39 is 0 Å². The summed E-state index contributed by atoms with van der Waals surface area (Å²) in [6, 6.07) is 20.7. The van der Waals surface area contributed by atoms with Crippen molar-refractivity contribution in [2.45, 2.75) is 12.8 Å². The summed E-state index contributed by atoms with van der Waals surface area (Å²) < 4.78 is 4.97. The van der Waals surface area contributed by atoms with Gasteiger partial charge in [-0.1, -0.05) is 48.5 Å². The Morgan fingerprint density at radius 2 is 1.45 bits per heavy atom. The van der Waals surface area contributed by atoms with Crippen LogP contribution in [0.4, 0.5) is 5.69 Å². The molecule has 0 amide bonds. The van der Waals surface area contributed by atoms with Crippen molar-refractivity contribution in [2.24, 2.45) is 4.40 Å². The normalized spacial score (nSPS) is 16.3. The fourth-order valence-electron chi connectivity index (χ4n) is 2.26. The average molecular weight is 283 g/mol. The zero-order valence-electron chi connectivity index (χ0n) is 11.5. The third-order valence-corrected chi connectivity index (χ3v) is 5.27. The summed E-state index contributed by atoms with van der Waals surface area (Å²) in [6.07, 6.45) is 2.64. The van der Waals surface area contributed by atoms with Crippen LogP contribution in [0.2, 0.25) is 0 Å². The number of nitrogens with one attached hydrogen (secondary N) is 1. The second-order valence-corrected chi connectivity index (χ2v) is 6.80. The van der Waals surface area contributed by atoms with Crippen LogP contribution in [-0.2, 0) is 11.1 Å². The van der Waals surface area contributed by atoms with Gasteiger partial charge in [0.05, 0.1) is 0 Å². The quantitative estimate of drug-likeness (QED) is 0.516. The highest BCUT2D eigenvalue weighted by Crippen LogP contribution is 2.17. The van der Waals surface area contributed by atoms with Crippen molar-refractivity contribution >= 4 is 22.6 Å². The van der Waals surface area contributed by atoms with Gasteiger partial charge in [-0.15, -0.1) is 0 Å². The van der Waals surface area contributed by atoms with Gasteiger partial charge in [0.1, 0.15) is 22.6 Å². The standard InChI is InChI=1S/C17H19N2S/c1-3-9-15(10-4-1)17(19-20-13-7-8-14-20)18-16-11-5-2-6-12-16/h1-6,9-12H,7-8,13-14H2,(H,18,19)/q+1. The van der Waals surface area contributed by atoms with Gasteiger partial charge in [-0.3, -0.25) is 0 Å². The molecule has 1 aliphatic rings. The lowest BCUT2D eigenvalue weighted by molar-refractivity contribution is 0.949. The molecular weight excluding hydrogens is 264 g/mol. The number of benzene rings is 2. The first-order valence-electron chi connectivity index (χ1n) is 7.05. The van der Waals surface area contributed by atoms with Crippen LogP contribution in [0, 0.1) is 0 Å². The Morgan fingerprint density at radius 3 is 2.10 bits per heavy atom. The predicted molar refractivity (Wildman–Crippen MR) is 89.4 cm³/mol. The maximum absolute atomic E-state index is 4.97. The van der Waals surface area contributed by atoms with Gasteiger partial charge >= 0.3 is 0 Å². The molecule has 1 saturated heterocycles. The molecule has 1 fully saturated rings. The molecule has 102 valence electrons. The Kier molecular flexibility index (Phi) is 4.38. The topological polar surface area (TPSA) is 24.4 Å². The van der Waals surface area contributed by atoms with Crippen LogP contribution in [0.25, 0.3) is 0 Å². The Balaban J connectivity index is 1.87. The molecular formula is C17H19N2S+. The van der Waals surface area contributed by atoms with E-state index in [1.807, 2.05) is 24.3 Å². The van der Waals surface area contributed by atoms with Gasteiger partial charge in [-0.05, 0) is 29.4 Å². The molecule has 2 nitrogen and oxygen atoms in total. The number of rotatable bonds is 3. The Labute approximate surface area is 123 Å². The van der Waals surface area contributed by atoms with Crippen molar-refractivity contribution in [1.82, 2.24) is 0 Å². The minimum Gasteiger partial charge on any atom is -0.336 e. The minimum absolute atomic E-state index is 0.194. The third-order valence-electron chi connectivity index (χ3n) is 3.31. The van der Waals surface area contributed by atoms with Gasteiger partial charge in [0.25, 0.3) is 0 Å². The molecule has 2 aromatic carbocycles. The maximum atomic E-state index is 4.97. The van der Waals surface area contributed by atoms with Crippen LogP contribution in [0.5, 0.6) is 0 Å². The van der Waals surface area contributed by atoms with Crippen LogP contribution in [0.1, 0.15) is 18.4 Å². The zero-order valence-corrected chi connectivity index (χ0v) is 12.3. The van der Waals surface area contributed by atoms with Gasteiger partial charge in [-0.25, -0.2) is 0 Å². The average Bonchev–Trinajstić information content (AvgIpc) is 3.02. The summed E-state index contributed by atoms with van der Waals surface area (Å²) in [6.45, 7) is 0. The molecule has 3 rings (SSSR count). The van der Waals surface area contributed by atoms with E-state index in [4.69, 9.17) is 4.40 Å². The smallest absolute Gasteiger partial charge is 0.188 e. The lowest BCUT2D eigenvalue weighted by atomic mass is 10.2. The van der Waals surface area contributed by atoms with Crippen molar-refractivity contribution in [2.75, 3.05) is 16.8 Å². The van der Waals surface area contributed by atoms with Gasteiger partial charge < -0.3 is 5.32 Å². The van der Waals surface area contributed by atoms with Crippen molar-refractivity contribution in [3.8, 4) is 0 Å². The lowest BCUT2D eigenvalue weighted by Crippen LogP contribution is -2.16. The first-order chi connectivity index (χ1) is 9.92. The molecule has 0 aliphatic carbocycles. The molecule has 0 saturated carbocycles. The van der Waals surface area contributed by atoms with E-state index >= 15 is 0 Å². The van der Waals surface area contributed by atoms with Gasteiger partial charge in [-0.2, -0.15) is 0 Å². The number of anilines is 1. The molecule has 1 N–H and O–H groups in total. The fourth-order valence-corrected chi connectivity index (χ4v) is 4.13. The van der Waals surface area contributed by atoms with Gasteiger partial charge in [0.15, 0.2) is 5.84 Å². The molecule has 1 aliphatic heterocycles. The second kappa shape index (κ2) is 6.62. The molecule has 3 heteroatoms. The summed E-state index contributed by atoms with van der Waals surface area (Å²) in [4.78, 5) is 0. The number of hydrogen-bond donors (Lipinski definition) is 1. The maximum Gasteiger partial charge on any atom is 0.188 e. The first-order valence-corrected chi connectivity index (χ1v) is 8.57. The predicted octanol–water partition coefficient (Wildman–Crippen LogP) is 3.87. The largest absolute Gasteiger partial charge is 0.336 e. The number of amidine groups is 1. The first kappa shape index (κ1) is 13.3. The van der Waals surface area contributed by atoms with Crippen LogP contribution >= 0.6 is 0 Å². The minimum atomic E-state index is 0.194. The number of hydrogen-bond acceptors (Lipinski definition) is 1. The summed E-state index contributed by atoms with van der Waals surface area (Å²) in [7, 11) is 0. The highest BCUT2D eigenvalue weighted by molar-refractivity contribution is 7.96. The summed E-state index contributed by atoms with van der Waals surface area (Å²) >= 11 is 0.194. The van der Waals surface area contributed by atoms with E-state index in [9.17, 15) is 0 Å². The van der Waals surface area contributed by atoms with Crippen molar-refractivity contribution in [3.05, 3.63) is 66.2 Å². The zero-order chi connectivity index (χ0) is 13.6. The van der Waals surface area contributed by atoms with Crippen LogP contribution < -0.4 is 5.32 Å². The van der Waals surface area contributed by atoms with Crippen molar-refractivity contribution in [3.63, 3.8) is 0 Å². The van der Waals surface area contributed by atoms with Crippen molar-refractivity contribution in [1.29, 1.82) is 0 Å². The molecule has 0 atom stereocenters. The Hall–Kier alpha value is -1.74. The summed E-state index contributed by atoms with van der Waals surface area (Å²) in [5, 5.41) is 3.48. The lowest BCUT2D eigenvalue weighted by Gasteiger charge is -2.08. The highest BCUT2D eigenvalue weighted by atomic mass is 32.2. The van der Waals surface area contributed by atoms with Crippen LogP contribution in [-0.4, -0.2) is 17.3 Å². The van der Waals surface area contributed by atoms with Crippen LogP contribution in [0.3, 0.4) is 0 Å². The Morgan fingerprint density at radius 1 is 0.850 bits per heavy atom. The summed E-state index contributed by atoms with van der Waals surface area (Å²) in [5.74, 6) is 3.49. The molecule has 2 aromatic rings. The molecule has 0 spiro atoms. The van der Waals surface area contributed by atoms with E-state index in [1.165, 1.54) is 24.3 Å². The number of para-hydroxylation sites is 1. The molecule has 20 heavy (non-hydrogen) atoms. The van der Waals surface area contributed by atoms with Gasteiger partial charge in [0, 0.05) is 11.3 Å². The van der Waals surface area contributed by atoms with E-state index in [1.54, 1.807) is 0 Å². The van der Waals surface area contributed by atoms with E-state index in [-0.39, 0.29) is 11.1 Å². The molecule has 0 aromatic heterocycles. The van der Waals surface area contributed by atoms with Crippen molar-refractivity contribution < 1.29 is 0 Å². The molecule has 0 unspecified atom stereocenters. The monoisotopic (exact) mass is 283 g/mol. The summed E-state index contributed by atoms with van der Waals surface area (Å²) in [5.41, 5.74) is 2.26. The molecule has 0 bridgehead atoms. The highest BCUT2D eigenvalue weighted by Gasteiger charge is 2.25. The fraction of sp³-hybridized carbons (Fsp3) is 0.235.